The van der Waals surface area contributed by atoms with E-state index in [-0.39, 0.29) is 5.84 Å². The van der Waals surface area contributed by atoms with Gasteiger partial charge in [0, 0.05) is 23.0 Å². The molecule has 0 fully saturated rings. The monoisotopic (exact) mass is 305 g/mol. The molecule has 0 amide bonds. The minimum atomic E-state index is 0.0907. The summed E-state index contributed by atoms with van der Waals surface area (Å²) in [7, 11) is 0. The van der Waals surface area contributed by atoms with E-state index < -0.39 is 0 Å². The first kappa shape index (κ1) is 15.3. The van der Waals surface area contributed by atoms with Crippen LogP contribution in [0.3, 0.4) is 0 Å². The lowest BCUT2D eigenvalue weighted by Gasteiger charge is -2.12. The van der Waals surface area contributed by atoms with E-state index in [1.54, 1.807) is 35.6 Å². The van der Waals surface area contributed by atoms with E-state index in [1.807, 2.05) is 0 Å². The Morgan fingerprint density at radius 1 is 1.38 bits per heavy atom. The van der Waals surface area contributed by atoms with Crippen LogP contribution in [0.25, 0.3) is 0 Å². The van der Waals surface area contributed by atoms with Crippen molar-refractivity contribution in [2.24, 2.45) is 10.9 Å². The number of amidine groups is 1. The molecule has 21 heavy (non-hydrogen) atoms. The van der Waals surface area contributed by atoms with Crippen LogP contribution in [0.4, 0.5) is 0 Å². The molecule has 0 aliphatic carbocycles. The average Bonchev–Trinajstić information content (AvgIpc) is 3.05. The van der Waals surface area contributed by atoms with Gasteiger partial charge in [-0.15, -0.1) is 11.3 Å². The van der Waals surface area contributed by atoms with Crippen LogP contribution in [0.5, 0.6) is 5.75 Å². The summed E-state index contributed by atoms with van der Waals surface area (Å²) in [5.41, 5.74) is 6.16. The SMILES string of the molecule is CC(NCCOc1ccc(C(N)=NO)cc1)c1cccs1. The largest absolute Gasteiger partial charge is 0.492 e. The van der Waals surface area contributed by atoms with E-state index in [0.717, 1.165) is 12.3 Å². The van der Waals surface area contributed by atoms with Crippen LogP contribution >= 0.6 is 11.3 Å². The van der Waals surface area contributed by atoms with Crippen molar-refractivity contribution in [3.05, 3.63) is 52.2 Å². The maximum absolute atomic E-state index is 8.59. The summed E-state index contributed by atoms with van der Waals surface area (Å²) in [4.78, 5) is 1.32. The zero-order chi connectivity index (χ0) is 15.1. The number of nitrogens with one attached hydrogen (secondary N) is 1. The van der Waals surface area contributed by atoms with Crippen molar-refractivity contribution in [1.82, 2.24) is 5.32 Å². The summed E-state index contributed by atoms with van der Waals surface area (Å²) >= 11 is 1.75. The van der Waals surface area contributed by atoms with Crippen molar-refractivity contribution in [1.29, 1.82) is 0 Å². The fourth-order valence-corrected chi connectivity index (χ4v) is 2.62. The second-order valence-electron chi connectivity index (χ2n) is 4.55. The third kappa shape index (κ3) is 4.47. The summed E-state index contributed by atoms with van der Waals surface area (Å²) in [5, 5.41) is 17.0. The summed E-state index contributed by atoms with van der Waals surface area (Å²) in [5.74, 6) is 0.850. The Hall–Kier alpha value is -2.05. The zero-order valence-corrected chi connectivity index (χ0v) is 12.6. The highest BCUT2D eigenvalue weighted by molar-refractivity contribution is 7.10. The highest BCUT2D eigenvalue weighted by atomic mass is 32.1. The molecule has 1 aromatic heterocycles. The minimum Gasteiger partial charge on any atom is -0.492 e. The molecule has 0 spiro atoms. The van der Waals surface area contributed by atoms with E-state index in [4.69, 9.17) is 15.7 Å². The van der Waals surface area contributed by atoms with Crippen LogP contribution in [-0.2, 0) is 0 Å². The lowest BCUT2D eigenvalue weighted by Crippen LogP contribution is -2.23. The van der Waals surface area contributed by atoms with Gasteiger partial charge in [0.05, 0.1) is 0 Å². The first-order valence-electron chi connectivity index (χ1n) is 6.68. The van der Waals surface area contributed by atoms with Gasteiger partial charge in [-0.1, -0.05) is 11.2 Å². The second kappa shape index (κ2) is 7.66. The third-order valence-corrected chi connectivity index (χ3v) is 4.10. The Bertz CT molecular complexity index is 567. The maximum atomic E-state index is 8.59. The molecule has 1 unspecified atom stereocenters. The van der Waals surface area contributed by atoms with Crippen molar-refractivity contribution in [2.45, 2.75) is 13.0 Å². The topological polar surface area (TPSA) is 79.9 Å². The van der Waals surface area contributed by atoms with Crippen LogP contribution in [-0.4, -0.2) is 24.2 Å². The van der Waals surface area contributed by atoms with E-state index in [1.165, 1.54) is 4.88 Å². The number of hydrogen-bond donors (Lipinski definition) is 3. The summed E-state index contributed by atoms with van der Waals surface area (Å²) in [6, 6.07) is 11.6. The molecule has 0 aliphatic rings. The van der Waals surface area contributed by atoms with Crippen molar-refractivity contribution in [3.8, 4) is 5.75 Å². The molecule has 1 atom stereocenters. The van der Waals surface area contributed by atoms with Crippen molar-refractivity contribution in [3.63, 3.8) is 0 Å². The van der Waals surface area contributed by atoms with Crippen molar-refractivity contribution in [2.75, 3.05) is 13.2 Å². The van der Waals surface area contributed by atoms with Crippen LogP contribution in [0.1, 0.15) is 23.4 Å². The molecule has 1 heterocycles. The first-order chi connectivity index (χ1) is 10.2. The van der Waals surface area contributed by atoms with Crippen LogP contribution in [0.15, 0.2) is 46.9 Å². The van der Waals surface area contributed by atoms with E-state index in [0.29, 0.717) is 18.2 Å². The lowest BCUT2D eigenvalue weighted by atomic mass is 10.2. The second-order valence-corrected chi connectivity index (χ2v) is 5.53. The Labute approximate surface area is 128 Å². The van der Waals surface area contributed by atoms with Crippen LogP contribution in [0, 0.1) is 0 Å². The number of oxime groups is 1. The molecular formula is C15H19N3O2S. The van der Waals surface area contributed by atoms with E-state index >= 15 is 0 Å². The summed E-state index contributed by atoms with van der Waals surface area (Å²) < 4.78 is 5.64. The molecular weight excluding hydrogens is 286 g/mol. The van der Waals surface area contributed by atoms with Gasteiger partial charge in [0.15, 0.2) is 5.84 Å². The predicted octanol–water partition coefficient (Wildman–Crippen LogP) is 2.57. The summed E-state index contributed by atoms with van der Waals surface area (Å²) in [6.07, 6.45) is 0. The molecule has 0 saturated carbocycles. The molecule has 5 nitrogen and oxygen atoms in total. The maximum Gasteiger partial charge on any atom is 0.170 e. The van der Waals surface area contributed by atoms with Gasteiger partial charge in [-0.3, -0.25) is 0 Å². The number of nitrogens with two attached hydrogens (primary N) is 1. The average molecular weight is 305 g/mol. The van der Waals surface area contributed by atoms with E-state index in [2.05, 4.69) is 34.9 Å². The Morgan fingerprint density at radius 3 is 2.76 bits per heavy atom. The zero-order valence-electron chi connectivity index (χ0n) is 11.8. The molecule has 0 radical (unpaired) electrons. The number of ether oxygens (including phenoxy) is 1. The first-order valence-corrected chi connectivity index (χ1v) is 7.56. The molecule has 0 aliphatic heterocycles. The number of thiophene rings is 1. The molecule has 6 heteroatoms. The van der Waals surface area contributed by atoms with Crippen LogP contribution < -0.4 is 15.8 Å². The standard InChI is InChI=1S/C15H19N3O2S/c1-11(14-3-2-10-21-14)17-8-9-20-13-6-4-12(5-7-13)15(16)18-19/h2-7,10-11,17,19H,8-9H2,1H3,(H2,16,18). The third-order valence-electron chi connectivity index (χ3n) is 3.05. The van der Waals surface area contributed by atoms with Gasteiger partial charge in [-0.2, -0.15) is 0 Å². The number of hydrogen-bond acceptors (Lipinski definition) is 5. The molecule has 112 valence electrons. The minimum absolute atomic E-state index is 0.0907. The van der Waals surface area contributed by atoms with E-state index in [9.17, 15) is 0 Å². The van der Waals surface area contributed by atoms with Gasteiger partial charge in [-0.25, -0.2) is 0 Å². The summed E-state index contributed by atoms with van der Waals surface area (Å²) in [6.45, 7) is 3.48. The molecule has 2 rings (SSSR count). The quantitative estimate of drug-likeness (QED) is 0.241. The molecule has 1 aromatic carbocycles. The smallest absolute Gasteiger partial charge is 0.170 e. The number of rotatable bonds is 7. The number of benzene rings is 1. The molecule has 4 N–H and O–H groups in total. The Kier molecular flexibility index (Phi) is 5.59. The van der Waals surface area contributed by atoms with Gasteiger partial charge in [0.1, 0.15) is 12.4 Å². The predicted molar refractivity (Wildman–Crippen MR) is 85.2 cm³/mol. The molecule has 0 saturated heterocycles. The fourth-order valence-electron chi connectivity index (χ4n) is 1.86. The van der Waals surface area contributed by atoms with Gasteiger partial charge in [0.25, 0.3) is 0 Å². The molecule has 2 aromatic rings. The fraction of sp³-hybridized carbons (Fsp3) is 0.267. The van der Waals surface area contributed by atoms with Gasteiger partial charge >= 0.3 is 0 Å². The van der Waals surface area contributed by atoms with Gasteiger partial charge in [0.2, 0.25) is 0 Å². The van der Waals surface area contributed by atoms with Gasteiger partial charge < -0.3 is 21.0 Å². The van der Waals surface area contributed by atoms with Gasteiger partial charge in [-0.05, 0) is 42.6 Å². The number of nitrogens with zero attached hydrogens (tertiary/aromatic N) is 1. The highest BCUT2D eigenvalue weighted by Crippen LogP contribution is 2.17. The van der Waals surface area contributed by atoms with Crippen molar-refractivity contribution < 1.29 is 9.94 Å². The Balaban J connectivity index is 1.74. The lowest BCUT2D eigenvalue weighted by molar-refractivity contribution is 0.308. The normalized spacial score (nSPS) is 13.1. The van der Waals surface area contributed by atoms with Crippen molar-refractivity contribution >= 4 is 17.2 Å². The molecule has 0 bridgehead atoms. The van der Waals surface area contributed by atoms with Crippen LogP contribution in [0.2, 0.25) is 0 Å². The Morgan fingerprint density at radius 2 is 2.14 bits per heavy atom. The highest BCUT2D eigenvalue weighted by Gasteiger charge is 2.05.